The van der Waals surface area contributed by atoms with Gasteiger partial charge in [-0.1, -0.05) is 0 Å². The second-order valence-electron chi connectivity index (χ2n) is 7.01. The predicted octanol–water partition coefficient (Wildman–Crippen LogP) is 2.33. The van der Waals surface area contributed by atoms with Gasteiger partial charge < -0.3 is 9.69 Å². The van der Waals surface area contributed by atoms with Crippen LogP contribution in [0.5, 0.6) is 0 Å². The van der Waals surface area contributed by atoms with Crippen molar-refractivity contribution in [2.75, 3.05) is 20.1 Å². The third-order valence-electron chi connectivity index (χ3n) is 5.35. The summed E-state index contributed by atoms with van der Waals surface area (Å²) in [4.78, 5) is 31.9. The maximum atomic E-state index is 12.1. The highest BCUT2D eigenvalue weighted by molar-refractivity contribution is 7.09. The first-order valence-corrected chi connectivity index (χ1v) is 9.24. The maximum absolute atomic E-state index is 12.1. The highest BCUT2D eigenvalue weighted by Gasteiger charge is 2.56. The number of amides is 1. The van der Waals surface area contributed by atoms with Gasteiger partial charge in [0.05, 0.1) is 6.54 Å². The molecule has 6 heteroatoms. The molecule has 1 aromatic rings. The number of likely N-dealkylation sites (tertiary alicyclic amines) is 1. The molecule has 3 rings (SSSR count). The molecule has 0 bridgehead atoms. The van der Waals surface area contributed by atoms with E-state index in [1.54, 1.807) is 18.3 Å². The molecule has 1 spiro atoms. The Labute approximate surface area is 141 Å². The predicted molar refractivity (Wildman–Crippen MR) is 90.1 cm³/mol. The standard InChI is InChI=1S/C17H25N3O2S/c1-13(21)3-4-16(22)20-8-5-17(6-9-20)11-14(17)19(2)12-15-18-7-10-23-15/h7,10,14H,3-6,8-9,11-12H2,1-2H3. The number of thiazole rings is 1. The average molecular weight is 335 g/mol. The zero-order valence-electron chi connectivity index (χ0n) is 14.0. The van der Waals surface area contributed by atoms with Crippen molar-refractivity contribution in [3.63, 3.8) is 0 Å². The van der Waals surface area contributed by atoms with Gasteiger partial charge in [-0.15, -0.1) is 11.3 Å². The van der Waals surface area contributed by atoms with Crippen molar-refractivity contribution in [2.45, 2.75) is 51.6 Å². The number of Topliss-reactive ketones (excluding diaryl/α,β-unsaturated/α-hetero) is 1. The van der Waals surface area contributed by atoms with E-state index >= 15 is 0 Å². The number of carbonyl (C=O) groups is 2. The molecule has 0 N–H and O–H groups in total. The Morgan fingerprint density at radius 2 is 2.13 bits per heavy atom. The van der Waals surface area contributed by atoms with Crippen LogP contribution in [0.15, 0.2) is 11.6 Å². The Morgan fingerprint density at radius 1 is 1.39 bits per heavy atom. The molecule has 0 aromatic carbocycles. The first-order valence-electron chi connectivity index (χ1n) is 8.36. The second kappa shape index (κ2) is 6.69. The molecule has 1 aliphatic carbocycles. The topological polar surface area (TPSA) is 53.5 Å². The van der Waals surface area contributed by atoms with Gasteiger partial charge in [0.2, 0.25) is 5.91 Å². The molecule has 1 amide bonds. The van der Waals surface area contributed by atoms with E-state index in [0.717, 1.165) is 32.5 Å². The van der Waals surface area contributed by atoms with Crippen LogP contribution in [0.1, 0.15) is 44.0 Å². The number of carbonyl (C=O) groups excluding carboxylic acids is 2. The number of hydrogen-bond acceptors (Lipinski definition) is 5. The summed E-state index contributed by atoms with van der Waals surface area (Å²) in [6, 6.07) is 0.626. The molecule has 1 aliphatic heterocycles. The Morgan fingerprint density at radius 3 is 2.74 bits per heavy atom. The first-order chi connectivity index (χ1) is 11.0. The summed E-state index contributed by atoms with van der Waals surface area (Å²) in [6.45, 7) is 4.16. The van der Waals surface area contributed by atoms with E-state index in [4.69, 9.17) is 0 Å². The van der Waals surface area contributed by atoms with Crippen molar-refractivity contribution < 1.29 is 9.59 Å². The number of aromatic nitrogens is 1. The van der Waals surface area contributed by atoms with Gasteiger partial charge >= 0.3 is 0 Å². The summed E-state index contributed by atoms with van der Waals surface area (Å²) < 4.78 is 0. The van der Waals surface area contributed by atoms with Crippen LogP contribution in [-0.2, 0) is 16.1 Å². The molecule has 1 saturated heterocycles. The fraction of sp³-hybridized carbons (Fsp3) is 0.706. The van der Waals surface area contributed by atoms with E-state index in [-0.39, 0.29) is 11.7 Å². The largest absolute Gasteiger partial charge is 0.343 e. The van der Waals surface area contributed by atoms with Crippen LogP contribution >= 0.6 is 11.3 Å². The van der Waals surface area contributed by atoms with Gasteiger partial charge in [-0.3, -0.25) is 9.69 Å². The van der Waals surface area contributed by atoms with Gasteiger partial charge in [-0.2, -0.15) is 0 Å². The van der Waals surface area contributed by atoms with Crippen LogP contribution in [0, 0.1) is 5.41 Å². The molecule has 1 saturated carbocycles. The van der Waals surface area contributed by atoms with Crippen LogP contribution in [0.25, 0.3) is 0 Å². The highest BCUT2D eigenvalue weighted by atomic mass is 32.1. The number of ketones is 1. The molecular formula is C17H25N3O2S. The average Bonchev–Trinajstić information content (AvgIpc) is 2.97. The SMILES string of the molecule is CC(=O)CCC(=O)N1CCC2(CC1)CC2N(C)Cc1nccs1. The van der Waals surface area contributed by atoms with Crippen LogP contribution in [-0.4, -0.2) is 52.7 Å². The lowest BCUT2D eigenvalue weighted by Gasteiger charge is -2.34. The van der Waals surface area contributed by atoms with E-state index in [9.17, 15) is 9.59 Å². The number of nitrogens with zero attached hydrogens (tertiary/aromatic N) is 3. The minimum Gasteiger partial charge on any atom is -0.343 e. The summed E-state index contributed by atoms with van der Waals surface area (Å²) in [5.74, 6) is 0.237. The van der Waals surface area contributed by atoms with Crippen molar-refractivity contribution in [2.24, 2.45) is 5.41 Å². The monoisotopic (exact) mass is 335 g/mol. The third-order valence-corrected chi connectivity index (χ3v) is 6.11. The number of hydrogen-bond donors (Lipinski definition) is 0. The molecule has 0 radical (unpaired) electrons. The Kier molecular flexibility index (Phi) is 4.82. The fourth-order valence-corrected chi connectivity index (χ4v) is 4.46. The van der Waals surface area contributed by atoms with E-state index in [1.165, 1.54) is 11.4 Å². The molecule has 2 fully saturated rings. The van der Waals surface area contributed by atoms with Gasteiger partial charge in [0.1, 0.15) is 10.8 Å². The van der Waals surface area contributed by atoms with Crippen molar-refractivity contribution in [1.29, 1.82) is 0 Å². The summed E-state index contributed by atoms with van der Waals surface area (Å²) in [5.41, 5.74) is 0.406. The zero-order chi connectivity index (χ0) is 16.4. The third kappa shape index (κ3) is 3.80. The lowest BCUT2D eigenvalue weighted by molar-refractivity contribution is -0.134. The van der Waals surface area contributed by atoms with Gasteiger partial charge in [-0.25, -0.2) is 4.98 Å². The Hall–Kier alpha value is -1.27. The van der Waals surface area contributed by atoms with Crippen molar-refractivity contribution >= 4 is 23.0 Å². The summed E-state index contributed by atoms with van der Waals surface area (Å²) >= 11 is 1.71. The second-order valence-corrected chi connectivity index (χ2v) is 7.99. The van der Waals surface area contributed by atoms with E-state index < -0.39 is 0 Å². The molecule has 23 heavy (non-hydrogen) atoms. The van der Waals surface area contributed by atoms with Gasteiger partial charge in [0, 0.05) is 43.5 Å². The Balaban J connectivity index is 1.46. The van der Waals surface area contributed by atoms with Crippen LogP contribution in [0.3, 0.4) is 0 Å². The fourth-order valence-electron chi connectivity index (χ4n) is 3.78. The normalized spacial score (nSPS) is 22.6. The van der Waals surface area contributed by atoms with Gasteiger partial charge in [0.15, 0.2) is 0 Å². The molecule has 2 heterocycles. The molecule has 1 unspecified atom stereocenters. The molecule has 1 atom stereocenters. The molecule has 5 nitrogen and oxygen atoms in total. The first kappa shape index (κ1) is 16.6. The molecule has 2 aliphatic rings. The van der Waals surface area contributed by atoms with Crippen molar-refractivity contribution in [3.8, 4) is 0 Å². The quantitative estimate of drug-likeness (QED) is 0.801. The smallest absolute Gasteiger partial charge is 0.223 e. The zero-order valence-corrected chi connectivity index (χ0v) is 14.8. The lowest BCUT2D eigenvalue weighted by Crippen LogP contribution is -2.41. The van der Waals surface area contributed by atoms with E-state index in [0.29, 0.717) is 24.3 Å². The van der Waals surface area contributed by atoms with Crippen LogP contribution < -0.4 is 0 Å². The van der Waals surface area contributed by atoms with E-state index in [2.05, 4.69) is 16.9 Å². The number of piperidine rings is 1. The molecular weight excluding hydrogens is 310 g/mol. The van der Waals surface area contributed by atoms with Crippen LogP contribution in [0.2, 0.25) is 0 Å². The maximum Gasteiger partial charge on any atom is 0.223 e. The lowest BCUT2D eigenvalue weighted by atomic mass is 9.92. The molecule has 1 aromatic heterocycles. The minimum atomic E-state index is 0.0953. The highest BCUT2D eigenvalue weighted by Crippen LogP contribution is 2.56. The minimum absolute atomic E-state index is 0.0953. The summed E-state index contributed by atoms with van der Waals surface area (Å²) in [7, 11) is 2.19. The van der Waals surface area contributed by atoms with Crippen molar-refractivity contribution in [1.82, 2.24) is 14.8 Å². The molecule has 126 valence electrons. The summed E-state index contributed by atoms with van der Waals surface area (Å²) in [6.07, 6.45) is 6.03. The van der Waals surface area contributed by atoms with Crippen molar-refractivity contribution in [3.05, 3.63) is 16.6 Å². The Bertz CT molecular complexity index is 564. The van der Waals surface area contributed by atoms with Crippen LogP contribution in [0.4, 0.5) is 0 Å². The van der Waals surface area contributed by atoms with E-state index in [1.807, 2.05) is 16.5 Å². The summed E-state index contributed by atoms with van der Waals surface area (Å²) in [5, 5.41) is 3.20. The van der Waals surface area contributed by atoms with Gasteiger partial charge in [0.25, 0.3) is 0 Å². The van der Waals surface area contributed by atoms with Gasteiger partial charge in [-0.05, 0) is 38.6 Å². The number of rotatable bonds is 6.